The first kappa shape index (κ1) is 16.6. The Labute approximate surface area is 141 Å². The number of ether oxygens (including phenoxy) is 3. The second kappa shape index (κ2) is 6.70. The van der Waals surface area contributed by atoms with Crippen LogP contribution in [0.4, 0.5) is 0 Å². The van der Waals surface area contributed by atoms with E-state index >= 15 is 0 Å². The van der Waals surface area contributed by atoms with E-state index in [0.29, 0.717) is 17.6 Å². The summed E-state index contributed by atoms with van der Waals surface area (Å²) in [6.45, 7) is 2.61. The Bertz CT molecular complexity index is 780. The maximum Gasteiger partial charge on any atom is 0.303 e. The van der Waals surface area contributed by atoms with Crippen LogP contribution in [0.5, 0.6) is 0 Å². The Balaban J connectivity index is 1.84. The van der Waals surface area contributed by atoms with E-state index in [1.54, 1.807) is 4.57 Å². The minimum absolute atomic E-state index is 0.00779. The van der Waals surface area contributed by atoms with Crippen molar-refractivity contribution in [3.05, 3.63) is 17.8 Å². The first-order valence-corrected chi connectivity index (χ1v) is 7.62. The predicted octanol–water partition coefficient (Wildman–Crippen LogP) is 1.26. The van der Waals surface area contributed by atoms with Gasteiger partial charge < -0.3 is 14.2 Å². The van der Waals surface area contributed by atoms with Gasteiger partial charge in [0.15, 0.2) is 10.8 Å². The summed E-state index contributed by atoms with van der Waals surface area (Å²) in [4.78, 5) is 34.5. The first-order valence-electron chi connectivity index (χ1n) is 7.24. The highest BCUT2D eigenvalue weighted by atomic mass is 35.5. The van der Waals surface area contributed by atoms with E-state index in [-0.39, 0.29) is 11.8 Å². The van der Waals surface area contributed by atoms with Crippen molar-refractivity contribution in [1.82, 2.24) is 19.5 Å². The fraction of sp³-hybridized carbons (Fsp3) is 0.500. The molecule has 0 bridgehead atoms. The van der Waals surface area contributed by atoms with Crippen LogP contribution in [0.3, 0.4) is 0 Å². The van der Waals surface area contributed by atoms with Gasteiger partial charge in [-0.2, -0.15) is 0 Å². The van der Waals surface area contributed by atoms with Gasteiger partial charge in [0, 0.05) is 20.3 Å². The van der Waals surface area contributed by atoms with Gasteiger partial charge in [0.05, 0.1) is 6.33 Å². The van der Waals surface area contributed by atoms with E-state index in [0.717, 1.165) is 0 Å². The zero-order chi connectivity index (χ0) is 17.3. The zero-order valence-electron chi connectivity index (χ0n) is 13.0. The third-order valence-corrected chi connectivity index (χ3v) is 3.85. The van der Waals surface area contributed by atoms with E-state index < -0.39 is 30.4 Å². The number of hydrogen-bond donors (Lipinski definition) is 0. The topological polar surface area (TPSA) is 105 Å². The van der Waals surface area contributed by atoms with E-state index in [1.165, 1.54) is 26.5 Å². The van der Waals surface area contributed by atoms with Crippen molar-refractivity contribution in [2.24, 2.45) is 0 Å². The number of carbonyl (C=O) groups excluding carboxylic acids is 2. The van der Waals surface area contributed by atoms with Gasteiger partial charge in [0.1, 0.15) is 36.9 Å². The molecular formula is C14H15ClN4O5. The summed E-state index contributed by atoms with van der Waals surface area (Å²) in [5.74, 6) is -0.867. The molecule has 3 heterocycles. The summed E-state index contributed by atoms with van der Waals surface area (Å²) in [6, 6.07) is 0. The summed E-state index contributed by atoms with van der Waals surface area (Å²) in [7, 11) is 0. The quantitative estimate of drug-likeness (QED) is 0.597. The normalized spacial score (nSPS) is 23.4. The van der Waals surface area contributed by atoms with Crippen LogP contribution in [-0.4, -0.2) is 50.3 Å². The number of halogens is 1. The third-order valence-electron chi connectivity index (χ3n) is 3.57. The molecule has 0 N–H and O–H groups in total. The lowest BCUT2D eigenvalue weighted by Crippen LogP contribution is -2.31. The smallest absolute Gasteiger partial charge is 0.303 e. The van der Waals surface area contributed by atoms with Crippen molar-refractivity contribution in [2.45, 2.75) is 38.7 Å². The number of aromatic nitrogens is 4. The van der Waals surface area contributed by atoms with Gasteiger partial charge in [-0.1, -0.05) is 11.6 Å². The summed E-state index contributed by atoms with van der Waals surface area (Å²) in [6.07, 6.45) is 1.65. The van der Waals surface area contributed by atoms with Crippen LogP contribution in [0.1, 0.15) is 26.5 Å². The number of hydrogen-bond acceptors (Lipinski definition) is 8. The summed E-state index contributed by atoms with van der Waals surface area (Å²) in [5, 5.41) is 0.241. The monoisotopic (exact) mass is 354 g/mol. The average Bonchev–Trinajstić information content (AvgIpc) is 3.09. The van der Waals surface area contributed by atoms with Crippen LogP contribution >= 0.6 is 11.6 Å². The Morgan fingerprint density at radius 2 is 2.12 bits per heavy atom. The second-order valence-corrected chi connectivity index (χ2v) is 5.66. The number of imidazole rings is 1. The standard InChI is InChI=1S/C14H15ClN4O5/c1-7(20)22-4-10-9(23-8(2)21)3-11(24-10)19-6-18-12-13(15)16-5-17-14(12)19/h5-6,9-11H,3-4H2,1-2H3/t9-,10+,11+/m0/s1. The molecule has 1 aliphatic heterocycles. The molecule has 0 aromatic carbocycles. The lowest BCUT2D eigenvalue weighted by atomic mass is 10.2. The molecule has 2 aromatic rings. The maximum absolute atomic E-state index is 11.3. The molecule has 0 saturated carbocycles. The van der Waals surface area contributed by atoms with Crippen molar-refractivity contribution < 1.29 is 23.8 Å². The van der Waals surface area contributed by atoms with Gasteiger partial charge in [-0.05, 0) is 0 Å². The average molecular weight is 355 g/mol. The molecule has 0 amide bonds. The third kappa shape index (κ3) is 3.31. The van der Waals surface area contributed by atoms with E-state index in [4.69, 9.17) is 25.8 Å². The molecule has 1 aliphatic rings. The molecule has 3 rings (SSSR count). The van der Waals surface area contributed by atoms with E-state index in [1.807, 2.05) is 0 Å². The minimum Gasteiger partial charge on any atom is -0.463 e. The molecule has 10 heteroatoms. The zero-order valence-corrected chi connectivity index (χ0v) is 13.8. The van der Waals surface area contributed by atoms with E-state index in [9.17, 15) is 9.59 Å². The van der Waals surface area contributed by atoms with Crippen LogP contribution < -0.4 is 0 Å². The van der Waals surface area contributed by atoms with Crippen LogP contribution in [0, 0.1) is 0 Å². The number of rotatable bonds is 4. The number of esters is 2. The molecule has 24 heavy (non-hydrogen) atoms. The summed E-state index contributed by atoms with van der Waals surface area (Å²) < 4.78 is 17.8. The molecule has 1 saturated heterocycles. The van der Waals surface area contributed by atoms with Crippen LogP contribution in [0.15, 0.2) is 12.7 Å². The predicted molar refractivity (Wildman–Crippen MR) is 81.0 cm³/mol. The molecular weight excluding hydrogens is 340 g/mol. The van der Waals surface area contributed by atoms with Crippen LogP contribution in [0.25, 0.3) is 11.2 Å². The van der Waals surface area contributed by atoms with Gasteiger partial charge >= 0.3 is 11.9 Å². The highest BCUT2D eigenvalue weighted by Gasteiger charge is 2.39. The largest absolute Gasteiger partial charge is 0.463 e. The maximum atomic E-state index is 11.3. The lowest BCUT2D eigenvalue weighted by molar-refractivity contribution is -0.155. The molecule has 0 radical (unpaired) electrons. The van der Waals surface area contributed by atoms with Gasteiger partial charge in [-0.25, -0.2) is 15.0 Å². The lowest BCUT2D eigenvalue weighted by Gasteiger charge is -2.17. The van der Waals surface area contributed by atoms with Crippen molar-refractivity contribution >= 4 is 34.7 Å². The Morgan fingerprint density at radius 1 is 1.33 bits per heavy atom. The van der Waals surface area contributed by atoms with Crippen molar-refractivity contribution in [3.8, 4) is 0 Å². The summed E-state index contributed by atoms with van der Waals surface area (Å²) in [5.41, 5.74) is 0.963. The molecule has 0 aliphatic carbocycles. The van der Waals surface area contributed by atoms with Gasteiger partial charge in [0.25, 0.3) is 0 Å². The molecule has 9 nitrogen and oxygen atoms in total. The molecule has 3 atom stereocenters. The molecule has 128 valence electrons. The van der Waals surface area contributed by atoms with Crippen LogP contribution in [-0.2, 0) is 23.8 Å². The van der Waals surface area contributed by atoms with Gasteiger partial charge in [0.2, 0.25) is 0 Å². The van der Waals surface area contributed by atoms with E-state index in [2.05, 4.69) is 15.0 Å². The van der Waals surface area contributed by atoms with Crippen molar-refractivity contribution in [1.29, 1.82) is 0 Å². The highest BCUT2D eigenvalue weighted by molar-refractivity contribution is 6.33. The SMILES string of the molecule is CC(=O)OC[C@H]1O[C@@H](n2cnc3c(Cl)ncnc32)C[C@@H]1OC(C)=O. The number of fused-ring (bicyclic) bond motifs is 1. The molecule has 0 spiro atoms. The fourth-order valence-corrected chi connectivity index (χ4v) is 2.77. The molecule has 0 unspecified atom stereocenters. The molecule has 1 fully saturated rings. The first-order chi connectivity index (χ1) is 11.5. The minimum atomic E-state index is -0.572. The Morgan fingerprint density at radius 3 is 2.83 bits per heavy atom. The number of nitrogens with zero attached hydrogens (tertiary/aromatic N) is 4. The van der Waals surface area contributed by atoms with Crippen molar-refractivity contribution in [3.63, 3.8) is 0 Å². The van der Waals surface area contributed by atoms with Crippen LogP contribution in [0.2, 0.25) is 5.15 Å². The Kier molecular flexibility index (Phi) is 4.63. The fourth-order valence-electron chi connectivity index (χ4n) is 2.59. The van der Waals surface area contributed by atoms with Crippen molar-refractivity contribution in [2.75, 3.05) is 6.61 Å². The Hall–Kier alpha value is -2.26. The molecule has 2 aromatic heterocycles. The van der Waals surface area contributed by atoms with Gasteiger partial charge in [-0.15, -0.1) is 0 Å². The number of carbonyl (C=O) groups is 2. The second-order valence-electron chi connectivity index (χ2n) is 5.30. The van der Waals surface area contributed by atoms with Gasteiger partial charge in [-0.3, -0.25) is 14.2 Å². The highest BCUT2D eigenvalue weighted by Crippen LogP contribution is 2.33. The summed E-state index contributed by atoms with van der Waals surface area (Å²) >= 11 is 5.99.